The zero-order chi connectivity index (χ0) is 11.3. The molecule has 0 heterocycles. The van der Waals surface area contributed by atoms with Gasteiger partial charge in [-0.2, -0.15) is 4.39 Å². The van der Waals surface area contributed by atoms with E-state index < -0.39 is 5.82 Å². The third kappa shape index (κ3) is 3.07. The Morgan fingerprint density at radius 2 is 2.07 bits per heavy atom. The summed E-state index contributed by atoms with van der Waals surface area (Å²) in [6.07, 6.45) is 0. The van der Waals surface area contributed by atoms with E-state index in [-0.39, 0.29) is 18.3 Å². The van der Waals surface area contributed by atoms with Gasteiger partial charge in [0.1, 0.15) is 0 Å². The maximum Gasteiger partial charge on any atom is 0.208 e. The molecule has 3 nitrogen and oxygen atoms in total. The molecule has 0 amide bonds. The normalized spacial score (nSPS) is 10.1. The maximum absolute atomic E-state index is 13.7. The van der Waals surface area contributed by atoms with Gasteiger partial charge >= 0.3 is 0 Å². The molecule has 1 aromatic rings. The van der Waals surface area contributed by atoms with Crippen LogP contribution < -0.4 is 9.47 Å². The van der Waals surface area contributed by atoms with Crippen molar-refractivity contribution in [3.8, 4) is 11.5 Å². The minimum atomic E-state index is -0.525. The lowest BCUT2D eigenvalue weighted by Crippen LogP contribution is -2.03. The molecule has 5 heteroatoms. The molecule has 0 radical (unpaired) electrons. The fourth-order valence-electron chi connectivity index (χ4n) is 1.03. The van der Waals surface area contributed by atoms with Gasteiger partial charge in [0.25, 0.3) is 0 Å². The highest BCUT2D eigenvalue weighted by atomic mass is 79.9. The van der Waals surface area contributed by atoms with Gasteiger partial charge in [-0.3, -0.25) is 0 Å². The Bertz CT molecular complexity index is 331. The SMILES string of the molecule is CCOc1ccc(Br)c(OCOC)c1F. The van der Waals surface area contributed by atoms with Crippen molar-refractivity contribution in [3.63, 3.8) is 0 Å². The summed E-state index contributed by atoms with van der Waals surface area (Å²) in [6, 6.07) is 3.21. The summed E-state index contributed by atoms with van der Waals surface area (Å²) in [5, 5.41) is 0. The lowest BCUT2D eigenvalue weighted by atomic mass is 10.3. The van der Waals surface area contributed by atoms with E-state index in [1.807, 2.05) is 0 Å². The van der Waals surface area contributed by atoms with Crippen molar-refractivity contribution in [2.75, 3.05) is 20.5 Å². The quantitative estimate of drug-likeness (QED) is 0.775. The zero-order valence-corrected chi connectivity index (χ0v) is 10.1. The molecule has 84 valence electrons. The van der Waals surface area contributed by atoms with Crippen LogP contribution in [-0.2, 0) is 4.74 Å². The number of rotatable bonds is 5. The van der Waals surface area contributed by atoms with Crippen molar-refractivity contribution in [1.29, 1.82) is 0 Å². The smallest absolute Gasteiger partial charge is 0.208 e. The molecule has 0 aliphatic heterocycles. The van der Waals surface area contributed by atoms with Crippen molar-refractivity contribution >= 4 is 15.9 Å². The molecule has 0 aromatic heterocycles. The highest BCUT2D eigenvalue weighted by Crippen LogP contribution is 2.34. The van der Waals surface area contributed by atoms with Gasteiger partial charge in [0.2, 0.25) is 5.82 Å². The summed E-state index contributed by atoms with van der Waals surface area (Å²) in [5.41, 5.74) is 0. The van der Waals surface area contributed by atoms with E-state index in [1.165, 1.54) is 7.11 Å². The van der Waals surface area contributed by atoms with Crippen molar-refractivity contribution < 1.29 is 18.6 Å². The van der Waals surface area contributed by atoms with Crippen LogP contribution >= 0.6 is 15.9 Å². The van der Waals surface area contributed by atoms with Gasteiger partial charge in [0.15, 0.2) is 18.3 Å². The average molecular weight is 279 g/mol. The van der Waals surface area contributed by atoms with Crippen LogP contribution in [0.25, 0.3) is 0 Å². The van der Waals surface area contributed by atoms with Crippen LogP contribution in [0.3, 0.4) is 0 Å². The van der Waals surface area contributed by atoms with Crippen LogP contribution in [0.15, 0.2) is 16.6 Å². The minimum absolute atomic E-state index is 0.00883. The summed E-state index contributed by atoms with van der Waals surface area (Å²) < 4.78 is 29.1. The summed E-state index contributed by atoms with van der Waals surface area (Å²) in [6.45, 7) is 2.19. The van der Waals surface area contributed by atoms with Crippen LogP contribution in [0.4, 0.5) is 4.39 Å². The van der Waals surface area contributed by atoms with E-state index in [4.69, 9.17) is 14.2 Å². The first kappa shape index (κ1) is 12.3. The highest BCUT2D eigenvalue weighted by molar-refractivity contribution is 9.10. The molecule has 0 bridgehead atoms. The summed E-state index contributed by atoms with van der Waals surface area (Å²) in [7, 11) is 1.47. The van der Waals surface area contributed by atoms with Gasteiger partial charge < -0.3 is 14.2 Å². The first-order valence-corrected chi connectivity index (χ1v) is 5.22. The molecule has 0 fully saturated rings. The summed E-state index contributed by atoms with van der Waals surface area (Å²) in [5.74, 6) is -0.252. The average Bonchev–Trinajstić information content (AvgIpc) is 2.22. The Hall–Kier alpha value is -0.810. The minimum Gasteiger partial charge on any atom is -0.491 e. The monoisotopic (exact) mass is 278 g/mol. The van der Waals surface area contributed by atoms with E-state index in [1.54, 1.807) is 19.1 Å². The molecule has 0 saturated carbocycles. The Labute approximate surface area is 96.3 Å². The van der Waals surface area contributed by atoms with Gasteiger partial charge in [-0.1, -0.05) is 0 Å². The van der Waals surface area contributed by atoms with Gasteiger partial charge in [-0.05, 0) is 35.0 Å². The predicted octanol–water partition coefficient (Wildman–Crippen LogP) is 2.97. The number of halogens is 2. The van der Waals surface area contributed by atoms with Crippen LogP contribution in [-0.4, -0.2) is 20.5 Å². The fourth-order valence-corrected chi connectivity index (χ4v) is 1.45. The number of hydrogen-bond donors (Lipinski definition) is 0. The standard InChI is InChI=1S/C10H12BrFO3/c1-3-14-8-5-4-7(11)10(9(8)12)15-6-13-2/h4-5H,3,6H2,1-2H3. The number of methoxy groups -OCH3 is 1. The molecular formula is C10H12BrFO3. The fraction of sp³-hybridized carbons (Fsp3) is 0.400. The molecule has 0 saturated heterocycles. The largest absolute Gasteiger partial charge is 0.491 e. The molecule has 15 heavy (non-hydrogen) atoms. The second-order valence-corrected chi connectivity index (χ2v) is 3.53. The lowest BCUT2D eigenvalue weighted by Gasteiger charge is -2.11. The van der Waals surface area contributed by atoms with Gasteiger partial charge in [0, 0.05) is 7.11 Å². The molecule has 0 N–H and O–H groups in total. The molecule has 0 aliphatic carbocycles. The van der Waals surface area contributed by atoms with Crippen LogP contribution in [0, 0.1) is 5.82 Å². The lowest BCUT2D eigenvalue weighted by molar-refractivity contribution is 0.0473. The summed E-state index contributed by atoms with van der Waals surface area (Å²) in [4.78, 5) is 0. The third-order valence-electron chi connectivity index (χ3n) is 1.63. The first-order chi connectivity index (χ1) is 7.20. The molecule has 0 atom stereocenters. The van der Waals surface area contributed by atoms with E-state index in [9.17, 15) is 4.39 Å². The molecule has 0 spiro atoms. The maximum atomic E-state index is 13.7. The molecule has 0 unspecified atom stereocenters. The van der Waals surface area contributed by atoms with Crippen LogP contribution in [0.2, 0.25) is 0 Å². The Morgan fingerprint density at radius 3 is 2.67 bits per heavy atom. The topological polar surface area (TPSA) is 27.7 Å². The number of benzene rings is 1. The van der Waals surface area contributed by atoms with Gasteiger partial charge in [-0.15, -0.1) is 0 Å². The van der Waals surface area contributed by atoms with E-state index in [0.29, 0.717) is 11.1 Å². The Balaban J connectivity index is 2.95. The van der Waals surface area contributed by atoms with Crippen molar-refractivity contribution in [2.24, 2.45) is 0 Å². The first-order valence-electron chi connectivity index (χ1n) is 4.43. The number of hydrogen-bond acceptors (Lipinski definition) is 3. The summed E-state index contributed by atoms with van der Waals surface area (Å²) >= 11 is 3.19. The molecule has 1 aromatic carbocycles. The van der Waals surface area contributed by atoms with Gasteiger partial charge in [0.05, 0.1) is 11.1 Å². The highest BCUT2D eigenvalue weighted by Gasteiger charge is 2.14. The second-order valence-electron chi connectivity index (χ2n) is 2.67. The molecular weight excluding hydrogens is 267 g/mol. The molecule has 0 aliphatic rings. The van der Waals surface area contributed by atoms with Crippen LogP contribution in [0.5, 0.6) is 11.5 Å². The van der Waals surface area contributed by atoms with E-state index >= 15 is 0 Å². The van der Waals surface area contributed by atoms with E-state index in [2.05, 4.69) is 15.9 Å². The second kappa shape index (κ2) is 5.92. The van der Waals surface area contributed by atoms with Crippen molar-refractivity contribution in [2.45, 2.75) is 6.92 Å². The van der Waals surface area contributed by atoms with E-state index in [0.717, 1.165) is 0 Å². The van der Waals surface area contributed by atoms with Crippen LogP contribution in [0.1, 0.15) is 6.92 Å². The van der Waals surface area contributed by atoms with Crippen molar-refractivity contribution in [1.82, 2.24) is 0 Å². The number of ether oxygens (including phenoxy) is 3. The van der Waals surface area contributed by atoms with Gasteiger partial charge in [-0.25, -0.2) is 0 Å². The zero-order valence-electron chi connectivity index (χ0n) is 8.55. The Morgan fingerprint density at radius 1 is 1.33 bits per heavy atom. The third-order valence-corrected chi connectivity index (χ3v) is 2.26. The van der Waals surface area contributed by atoms with Crippen molar-refractivity contribution in [3.05, 3.63) is 22.4 Å². The Kier molecular flexibility index (Phi) is 4.84. The predicted molar refractivity (Wildman–Crippen MR) is 57.8 cm³/mol. The molecule has 1 rings (SSSR count).